The lowest BCUT2D eigenvalue weighted by Gasteiger charge is -2.25. The minimum atomic E-state index is -4.37. The molecule has 0 atom stereocenters. The third-order valence-corrected chi connectivity index (χ3v) is 3.31. The SMILES string of the molecule is ONc1nc(NCC(F)(F)F)nc(N2CCCCCCC2)n1. The van der Waals surface area contributed by atoms with E-state index in [2.05, 4.69) is 20.3 Å². The number of hydrogen-bond donors (Lipinski definition) is 3. The first-order valence-corrected chi connectivity index (χ1v) is 7.20. The first-order chi connectivity index (χ1) is 10.5. The fourth-order valence-electron chi connectivity index (χ4n) is 2.26. The maximum Gasteiger partial charge on any atom is 0.405 e. The average molecular weight is 320 g/mol. The van der Waals surface area contributed by atoms with Crippen LogP contribution in [0.5, 0.6) is 0 Å². The summed E-state index contributed by atoms with van der Waals surface area (Å²) in [5, 5.41) is 11.0. The summed E-state index contributed by atoms with van der Waals surface area (Å²) in [7, 11) is 0. The van der Waals surface area contributed by atoms with E-state index in [-0.39, 0.29) is 17.8 Å². The van der Waals surface area contributed by atoms with Crippen LogP contribution in [0.2, 0.25) is 0 Å². The highest BCUT2D eigenvalue weighted by atomic mass is 19.4. The fourth-order valence-corrected chi connectivity index (χ4v) is 2.26. The molecule has 2 heterocycles. The molecule has 22 heavy (non-hydrogen) atoms. The van der Waals surface area contributed by atoms with Gasteiger partial charge in [0.1, 0.15) is 6.54 Å². The highest BCUT2D eigenvalue weighted by Crippen LogP contribution is 2.19. The predicted molar refractivity (Wildman–Crippen MR) is 75.1 cm³/mol. The highest BCUT2D eigenvalue weighted by Gasteiger charge is 2.27. The molecule has 7 nitrogen and oxygen atoms in total. The van der Waals surface area contributed by atoms with Gasteiger partial charge in [-0.1, -0.05) is 19.3 Å². The van der Waals surface area contributed by atoms with Gasteiger partial charge >= 0.3 is 6.18 Å². The molecule has 1 aromatic heterocycles. The molecule has 0 aromatic carbocycles. The molecule has 0 radical (unpaired) electrons. The van der Waals surface area contributed by atoms with Crippen molar-refractivity contribution in [3.63, 3.8) is 0 Å². The summed E-state index contributed by atoms with van der Waals surface area (Å²) < 4.78 is 36.8. The Morgan fingerprint density at radius 1 is 0.955 bits per heavy atom. The van der Waals surface area contributed by atoms with Crippen LogP contribution in [0.25, 0.3) is 0 Å². The highest BCUT2D eigenvalue weighted by molar-refractivity contribution is 5.43. The van der Waals surface area contributed by atoms with Crippen LogP contribution in [0.15, 0.2) is 0 Å². The predicted octanol–water partition coefficient (Wildman–Crippen LogP) is 2.42. The maximum atomic E-state index is 12.3. The summed E-state index contributed by atoms with van der Waals surface area (Å²) in [6.45, 7) is 0.211. The van der Waals surface area contributed by atoms with Crippen molar-refractivity contribution in [3.8, 4) is 0 Å². The second kappa shape index (κ2) is 7.43. The van der Waals surface area contributed by atoms with E-state index in [1.54, 1.807) is 5.48 Å². The molecule has 2 rings (SSSR count). The Morgan fingerprint density at radius 2 is 1.55 bits per heavy atom. The first kappa shape index (κ1) is 16.5. The van der Waals surface area contributed by atoms with Crippen molar-refractivity contribution in [2.24, 2.45) is 0 Å². The van der Waals surface area contributed by atoms with E-state index in [0.29, 0.717) is 0 Å². The van der Waals surface area contributed by atoms with E-state index in [1.165, 1.54) is 6.42 Å². The molecular weight excluding hydrogens is 301 g/mol. The lowest BCUT2D eigenvalue weighted by atomic mass is 10.1. The molecule has 0 spiro atoms. The molecule has 1 aliphatic heterocycles. The van der Waals surface area contributed by atoms with Crippen LogP contribution in [0.3, 0.4) is 0 Å². The van der Waals surface area contributed by atoms with Crippen LogP contribution >= 0.6 is 0 Å². The van der Waals surface area contributed by atoms with Crippen molar-refractivity contribution in [2.45, 2.75) is 38.3 Å². The van der Waals surface area contributed by atoms with Crippen molar-refractivity contribution in [1.82, 2.24) is 15.0 Å². The van der Waals surface area contributed by atoms with Crippen LogP contribution in [-0.4, -0.2) is 46.0 Å². The van der Waals surface area contributed by atoms with E-state index in [1.807, 2.05) is 4.90 Å². The molecule has 10 heteroatoms. The van der Waals surface area contributed by atoms with Gasteiger partial charge in [-0.3, -0.25) is 5.21 Å². The van der Waals surface area contributed by atoms with Gasteiger partial charge in [0.05, 0.1) is 0 Å². The third-order valence-electron chi connectivity index (χ3n) is 3.31. The Labute approximate surface area is 125 Å². The van der Waals surface area contributed by atoms with Gasteiger partial charge in [-0.25, -0.2) is 5.48 Å². The second-order valence-electron chi connectivity index (χ2n) is 5.12. The molecule has 3 N–H and O–H groups in total. The molecule has 0 aliphatic carbocycles. The van der Waals surface area contributed by atoms with Gasteiger partial charge in [-0.05, 0) is 12.8 Å². The van der Waals surface area contributed by atoms with E-state index >= 15 is 0 Å². The monoisotopic (exact) mass is 320 g/mol. The molecule has 0 unspecified atom stereocenters. The number of nitrogens with one attached hydrogen (secondary N) is 2. The van der Waals surface area contributed by atoms with Crippen molar-refractivity contribution < 1.29 is 18.4 Å². The molecule has 124 valence electrons. The summed E-state index contributed by atoms with van der Waals surface area (Å²) in [6, 6.07) is 0. The molecule has 1 aliphatic rings. The standard InChI is InChI=1S/C12H19F3N6O/c13-12(14,15)8-16-9-17-10(20-22)19-11(18-9)21-6-4-2-1-3-5-7-21/h22H,1-8H2,(H2,16,17,18,19,20). The molecule has 0 bridgehead atoms. The first-order valence-electron chi connectivity index (χ1n) is 7.20. The molecular formula is C12H19F3N6O. The van der Waals surface area contributed by atoms with Crippen LogP contribution in [0.1, 0.15) is 32.1 Å². The molecule has 1 saturated heterocycles. The quantitative estimate of drug-likeness (QED) is 0.734. The summed E-state index contributed by atoms with van der Waals surface area (Å²) >= 11 is 0. The van der Waals surface area contributed by atoms with Crippen molar-refractivity contribution in [2.75, 3.05) is 35.3 Å². The van der Waals surface area contributed by atoms with Gasteiger partial charge in [-0.2, -0.15) is 28.1 Å². The van der Waals surface area contributed by atoms with Gasteiger partial charge in [0, 0.05) is 13.1 Å². The Morgan fingerprint density at radius 3 is 2.14 bits per heavy atom. The smallest absolute Gasteiger partial charge is 0.345 e. The van der Waals surface area contributed by atoms with E-state index in [4.69, 9.17) is 5.21 Å². The summed E-state index contributed by atoms with van der Waals surface area (Å²) in [5.41, 5.74) is 1.76. The van der Waals surface area contributed by atoms with Gasteiger partial charge < -0.3 is 10.2 Å². The lowest BCUT2D eigenvalue weighted by Crippen LogP contribution is -2.30. The third kappa shape index (κ3) is 5.17. The number of nitrogens with zero attached hydrogens (tertiary/aromatic N) is 4. The molecule has 0 saturated carbocycles. The topological polar surface area (TPSA) is 86.2 Å². The Kier molecular flexibility index (Phi) is 5.58. The van der Waals surface area contributed by atoms with Crippen LogP contribution in [-0.2, 0) is 0 Å². The fraction of sp³-hybridized carbons (Fsp3) is 0.750. The van der Waals surface area contributed by atoms with Crippen molar-refractivity contribution >= 4 is 17.8 Å². The van der Waals surface area contributed by atoms with Crippen LogP contribution in [0.4, 0.5) is 31.0 Å². The number of aromatic nitrogens is 3. The van der Waals surface area contributed by atoms with Crippen molar-refractivity contribution in [3.05, 3.63) is 0 Å². The normalized spacial score (nSPS) is 16.8. The zero-order valence-corrected chi connectivity index (χ0v) is 12.0. The van der Waals surface area contributed by atoms with Gasteiger partial charge in [-0.15, -0.1) is 0 Å². The zero-order chi connectivity index (χ0) is 16.0. The molecule has 1 aromatic rings. The van der Waals surface area contributed by atoms with E-state index < -0.39 is 12.7 Å². The maximum absolute atomic E-state index is 12.3. The van der Waals surface area contributed by atoms with E-state index in [9.17, 15) is 13.2 Å². The number of halogens is 3. The Balaban J connectivity index is 2.14. The number of hydrogen-bond acceptors (Lipinski definition) is 7. The lowest BCUT2D eigenvalue weighted by molar-refractivity contribution is -0.115. The zero-order valence-electron chi connectivity index (χ0n) is 12.0. The molecule has 0 amide bonds. The largest absolute Gasteiger partial charge is 0.405 e. The second-order valence-corrected chi connectivity index (χ2v) is 5.12. The molecule has 1 fully saturated rings. The average Bonchev–Trinajstić information content (AvgIpc) is 2.43. The van der Waals surface area contributed by atoms with Gasteiger partial charge in [0.15, 0.2) is 0 Å². The summed E-state index contributed by atoms with van der Waals surface area (Å²) in [5.74, 6) is -0.143. The van der Waals surface area contributed by atoms with Crippen LogP contribution in [0, 0.1) is 0 Å². The summed E-state index contributed by atoms with van der Waals surface area (Å²) in [4.78, 5) is 13.6. The Hall–Kier alpha value is -1.84. The van der Waals surface area contributed by atoms with Crippen molar-refractivity contribution in [1.29, 1.82) is 0 Å². The van der Waals surface area contributed by atoms with E-state index in [0.717, 1.165) is 38.8 Å². The van der Waals surface area contributed by atoms with Gasteiger partial charge in [0.2, 0.25) is 11.9 Å². The van der Waals surface area contributed by atoms with Crippen LogP contribution < -0.4 is 15.7 Å². The Bertz CT molecular complexity index is 476. The van der Waals surface area contributed by atoms with Gasteiger partial charge in [0.25, 0.3) is 5.95 Å². The number of rotatable bonds is 4. The number of alkyl halides is 3. The minimum Gasteiger partial charge on any atom is -0.345 e. The minimum absolute atomic E-state index is 0.184. The number of anilines is 3. The summed E-state index contributed by atoms with van der Waals surface area (Å²) in [6.07, 6.45) is 0.961.